The summed E-state index contributed by atoms with van der Waals surface area (Å²) >= 11 is 0. The normalized spacial score (nSPS) is 12.7. The van der Waals surface area contributed by atoms with Crippen LogP contribution in [0.25, 0.3) is 0 Å². The number of nitrogens with one attached hydrogen (secondary N) is 2. The quantitative estimate of drug-likeness (QED) is 0.525. The summed E-state index contributed by atoms with van der Waals surface area (Å²) in [6.07, 6.45) is -1.14. The van der Waals surface area contributed by atoms with Crippen LogP contribution in [0.5, 0.6) is 0 Å². The largest absolute Gasteiger partial charge is 0.454 e. The van der Waals surface area contributed by atoms with E-state index in [0.29, 0.717) is 16.8 Å². The number of ketones is 2. The maximum atomic E-state index is 12.7. The second-order valence-electron chi connectivity index (χ2n) is 7.05. The fraction of sp³-hybridized carbons (Fsp3) is 0.364. The molecule has 7 heteroatoms. The van der Waals surface area contributed by atoms with Crippen LogP contribution in [0.15, 0.2) is 30.3 Å². The molecule has 0 bridgehead atoms. The number of aromatic nitrogens is 1. The monoisotopic (exact) mass is 398 g/mol. The molecule has 0 fully saturated rings. The van der Waals surface area contributed by atoms with Gasteiger partial charge in [-0.05, 0) is 38.8 Å². The fourth-order valence-electron chi connectivity index (χ4n) is 3.38. The van der Waals surface area contributed by atoms with Gasteiger partial charge in [-0.1, -0.05) is 30.3 Å². The molecule has 2 atom stereocenters. The second kappa shape index (κ2) is 9.32. The smallest absolute Gasteiger partial charge is 0.308 e. The molecule has 0 aliphatic rings. The standard InChI is InChI=1S/C22H26N2O5/c1-12-20(14(3)25)13(2)23-21(12)22(28)15(4)29-19(27)11-18(24-16(5)26)17-9-7-6-8-10-17/h6-10,15,18,23H,11H2,1-5H3,(H,24,26)/t15-,18+/m1/s1. The van der Waals surface area contributed by atoms with E-state index in [1.165, 1.54) is 20.8 Å². The van der Waals surface area contributed by atoms with Gasteiger partial charge in [0.15, 0.2) is 11.9 Å². The number of esters is 1. The molecule has 7 nitrogen and oxygen atoms in total. The minimum absolute atomic E-state index is 0.108. The van der Waals surface area contributed by atoms with Crippen LogP contribution < -0.4 is 5.32 Å². The molecule has 154 valence electrons. The number of hydrogen-bond acceptors (Lipinski definition) is 5. The Kier molecular flexibility index (Phi) is 7.09. The Morgan fingerprint density at radius 1 is 1.07 bits per heavy atom. The Hall–Kier alpha value is -3.22. The summed E-state index contributed by atoms with van der Waals surface area (Å²) in [6, 6.07) is 8.51. The minimum atomic E-state index is -1.03. The van der Waals surface area contributed by atoms with E-state index in [9.17, 15) is 19.2 Å². The lowest BCUT2D eigenvalue weighted by molar-refractivity contribution is -0.147. The lowest BCUT2D eigenvalue weighted by Gasteiger charge is -2.19. The van der Waals surface area contributed by atoms with Gasteiger partial charge in [-0.3, -0.25) is 19.2 Å². The second-order valence-corrected chi connectivity index (χ2v) is 7.05. The average Bonchev–Trinajstić information content (AvgIpc) is 2.95. The zero-order chi connectivity index (χ0) is 21.7. The molecule has 0 aliphatic heterocycles. The fourth-order valence-corrected chi connectivity index (χ4v) is 3.38. The Bertz CT molecular complexity index is 930. The molecule has 0 radical (unpaired) electrons. The highest BCUT2D eigenvalue weighted by Crippen LogP contribution is 2.22. The summed E-state index contributed by atoms with van der Waals surface area (Å²) in [5.41, 5.74) is 2.65. The molecule has 2 rings (SSSR count). The summed E-state index contributed by atoms with van der Waals surface area (Å²) in [4.78, 5) is 51.4. The van der Waals surface area contributed by atoms with Crippen LogP contribution >= 0.6 is 0 Å². The van der Waals surface area contributed by atoms with Gasteiger partial charge in [0.1, 0.15) is 0 Å². The number of amides is 1. The Morgan fingerprint density at radius 2 is 1.69 bits per heavy atom. The number of Topliss-reactive ketones (excluding diaryl/α,β-unsaturated/α-hetero) is 2. The van der Waals surface area contributed by atoms with Crippen molar-refractivity contribution in [2.24, 2.45) is 0 Å². The highest BCUT2D eigenvalue weighted by molar-refractivity contribution is 6.05. The van der Waals surface area contributed by atoms with Crippen molar-refractivity contribution in [3.8, 4) is 0 Å². The lowest BCUT2D eigenvalue weighted by atomic mass is 10.0. The van der Waals surface area contributed by atoms with Crippen molar-refractivity contribution in [2.75, 3.05) is 0 Å². The van der Waals surface area contributed by atoms with Gasteiger partial charge in [0.2, 0.25) is 11.7 Å². The van der Waals surface area contributed by atoms with Gasteiger partial charge < -0.3 is 15.0 Å². The van der Waals surface area contributed by atoms with Gasteiger partial charge in [0, 0.05) is 18.2 Å². The van der Waals surface area contributed by atoms with Crippen molar-refractivity contribution in [3.05, 3.63) is 58.4 Å². The van der Waals surface area contributed by atoms with Gasteiger partial charge >= 0.3 is 5.97 Å². The van der Waals surface area contributed by atoms with Gasteiger partial charge in [-0.15, -0.1) is 0 Å². The molecule has 29 heavy (non-hydrogen) atoms. The van der Waals surface area contributed by atoms with Crippen LogP contribution in [0.2, 0.25) is 0 Å². The van der Waals surface area contributed by atoms with E-state index in [4.69, 9.17) is 4.74 Å². The summed E-state index contributed by atoms with van der Waals surface area (Å²) in [6.45, 7) is 7.70. The molecule has 0 aliphatic carbocycles. The number of ether oxygens (including phenoxy) is 1. The third-order valence-electron chi connectivity index (χ3n) is 4.66. The molecule has 0 unspecified atom stereocenters. The lowest BCUT2D eigenvalue weighted by Crippen LogP contribution is -2.31. The molecule has 1 aromatic carbocycles. The first-order valence-electron chi connectivity index (χ1n) is 9.37. The van der Waals surface area contributed by atoms with Crippen LogP contribution in [0.4, 0.5) is 0 Å². The number of rotatable bonds is 8. The van der Waals surface area contributed by atoms with Crippen LogP contribution in [0.3, 0.4) is 0 Å². The first-order chi connectivity index (χ1) is 13.6. The topological polar surface area (TPSA) is 105 Å². The first kappa shape index (κ1) is 22.1. The molecule has 1 amide bonds. The average molecular weight is 398 g/mol. The number of carbonyl (C=O) groups excluding carboxylic acids is 4. The number of aryl methyl sites for hydroxylation is 1. The van der Waals surface area contributed by atoms with Crippen LogP contribution in [-0.2, 0) is 14.3 Å². The van der Waals surface area contributed by atoms with Crippen LogP contribution in [0.1, 0.15) is 70.9 Å². The number of carbonyl (C=O) groups is 4. The minimum Gasteiger partial charge on any atom is -0.454 e. The summed E-state index contributed by atoms with van der Waals surface area (Å²) in [7, 11) is 0. The zero-order valence-electron chi connectivity index (χ0n) is 17.3. The molecule has 2 aromatic rings. The zero-order valence-corrected chi connectivity index (χ0v) is 17.3. The SMILES string of the molecule is CC(=O)N[C@@H](CC(=O)O[C@H](C)C(=O)c1[nH]c(C)c(C(C)=O)c1C)c1ccccc1. The highest BCUT2D eigenvalue weighted by Gasteiger charge is 2.27. The Morgan fingerprint density at radius 3 is 2.21 bits per heavy atom. The predicted octanol–water partition coefficient (Wildman–Crippen LogP) is 3.22. The first-order valence-corrected chi connectivity index (χ1v) is 9.37. The molecular weight excluding hydrogens is 372 g/mol. The number of aromatic amines is 1. The molecular formula is C22H26N2O5. The van der Waals surface area contributed by atoms with Crippen molar-refractivity contribution >= 4 is 23.4 Å². The van der Waals surface area contributed by atoms with Gasteiger partial charge in [0.25, 0.3) is 0 Å². The summed E-state index contributed by atoms with van der Waals surface area (Å²) < 4.78 is 5.32. The van der Waals surface area contributed by atoms with E-state index in [-0.39, 0.29) is 23.8 Å². The highest BCUT2D eigenvalue weighted by atomic mass is 16.5. The molecule has 0 saturated heterocycles. The molecule has 0 saturated carbocycles. The van der Waals surface area contributed by atoms with E-state index >= 15 is 0 Å². The van der Waals surface area contributed by atoms with Crippen molar-refractivity contribution in [3.63, 3.8) is 0 Å². The predicted molar refractivity (Wildman–Crippen MR) is 108 cm³/mol. The summed E-state index contributed by atoms with van der Waals surface area (Å²) in [5, 5.41) is 2.73. The number of H-pyrrole nitrogens is 1. The van der Waals surface area contributed by atoms with E-state index in [0.717, 1.165) is 5.56 Å². The Balaban J connectivity index is 2.11. The Labute approximate surface area is 169 Å². The third-order valence-corrected chi connectivity index (χ3v) is 4.66. The maximum absolute atomic E-state index is 12.7. The van der Waals surface area contributed by atoms with Crippen molar-refractivity contribution in [1.82, 2.24) is 10.3 Å². The van der Waals surface area contributed by atoms with Crippen molar-refractivity contribution < 1.29 is 23.9 Å². The van der Waals surface area contributed by atoms with Gasteiger partial charge in [-0.2, -0.15) is 0 Å². The van der Waals surface area contributed by atoms with Crippen LogP contribution in [-0.4, -0.2) is 34.5 Å². The molecule has 1 aromatic heterocycles. The van der Waals surface area contributed by atoms with Crippen LogP contribution in [0, 0.1) is 13.8 Å². The van der Waals surface area contributed by atoms with E-state index in [2.05, 4.69) is 10.3 Å². The summed E-state index contributed by atoms with van der Waals surface area (Å²) in [5.74, 6) is -1.44. The maximum Gasteiger partial charge on any atom is 0.308 e. The molecule has 1 heterocycles. The van der Waals surface area contributed by atoms with Gasteiger partial charge in [0.05, 0.1) is 18.2 Å². The van der Waals surface area contributed by atoms with Gasteiger partial charge in [-0.25, -0.2) is 0 Å². The third kappa shape index (κ3) is 5.40. The molecule has 2 N–H and O–H groups in total. The van der Waals surface area contributed by atoms with E-state index in [1.807, 2.05) is 18.2 Å². The van der Waals surface area contributed by atoms with E-state index in [1.54, 1.807) is 26.0 Å². The van der Waals surface area contributed by atoms with Crippen molar-refractivity contribution in [2.45, 2.75) is 53.2 Å². The number of benzene rings is 1. The number of hydrogen-bond donors (Lipinski definition) is 2. The molecule has 0 spiro atoms. The van der Waals surface area contributed by atoms with E-state index < -0.39 is 23.9 Å². The van der Waals surface area contributed by atoms with Crippen molar-refractivity contribution in [1.29, 1.82) is 0 Å².